The van der Waals surface area contributed by atoms with Crippen LogP contribution < -0.4 is 15.4 Å². The molecule has 1 fully saturated rings. The van der Waals surface area contributed by atoms with Gasteiger partial charge in [0.1, 0.15) is 12.4 Å². The molecule has 1 heterocycles. The Labute approximate surface area is 143 Å². The maximum absolute atomic E-state index is 11.9. The predicted molar refractivity (Wildman–Crippen MR) is 97.4 cm³/mol. The molecule has 0 radical (unpaired) electrons. The van der Waals surface area contributed by atoms with Gasteiger partial charge in [0.15, 0.2) is 0 Å². The first-order chi connectivity index (χ1) is 10.9. The summed E-state index contributed by atoms with van der Waals surface area (Å²) in [5.74, 6) is 3.11. The zero-order chi connectivity index (χ0) is 16.7. The molecule has 2 N–H and O–H groups in total. The molecule has 1 amide bonds. The van der Waals surface area contributed by atoms with Crippen LogP contribution in [0.5, 0.6) is 5.75 Å². The molecule has 1 aliphatic heterocycles. The van der Waals surface area contributed by atoms with Gasteiger partial charge in [-0.25, -0.2) is 0 Å². The number of hydrogen-bond acceptors (Lipinski definition) is 4. The summed E-state index contributed by atoms with van der Waals surface area (Å²) in [4.78, 5) is 11.9. The van der Waals surface area contributed by atoms with Crippen molar-refractivity contribution in [1.29, 1.82) is 0 Å². The van der Waals surface area contributed by atoms with E-state index in [1.807, 2.05) is 23.9 Å². The molecule has 0 spiro atoms. The first-order valence-electron chi connectivity index (χ1n) is 8.26. The fourth-order valence-corrected chi connectivity index (χ4v) is 3.41. The second kappa shape index (κ2) is 8.60. The third kappa shape index (κ3) is 6.43. The number of hydrogen-bond donors (Lipinski definition) is 2. The molecule has 1 aromatic carbocycles. The van der Waals surface area contributed by atoms with Crippen molar-refractivity contribution in [3.8, 4) is 5.75 Å². The van der Waals surface area contributed by atoms with Gasteiger partial charge in [0.2, 0.25) is 5.91 Å². The van der Waals surface area contributed by atoms with Crippen molar-refractivity contribution in [2.45, 2.75) is 38.6 Å². The summed E-state index contributed by atoms with van der Waals surface area (Å²) in [6.07, 6.45) is 0.548. The van der Waals surface area contributed by atoms with Crippen molar-refractivity contribution in [2.75, 3.05) is 31.2 Å². The zero-order valence-corrected chi connectivity index (χ0v) is 15.2. The van der Waals surface area contributed by atoms with Crippen molar-refractivity contribution in [2.24, 2.45) is 0 Å². The van der Waals surface area contributed by atoms with E-state index in [-0.39, 0.29) is 11.3 Å². The van der Waals surface area contributed by atoms with Crippen LogP contribution in [0.15, 0.2) is 24.3 Å². The first-order valence-corrected chi connectivity index (χ1v) is 9.42. The number of rotatable bonds is 6. The fraction of sp³-hybridized carbons (Fsp3) is 0.611. The number of nitrogens with one attached hydrogen (secondary N) is 2. The smallest absolute Gasteiger partial charge is 0.221 e. The van der Waals surface area contributed by atoms with Gasteiger partial charge in [-0.1, -0.05) is 32.9 Å². The molecule has 4 nitrogen and oxygen atoms in total. The van der Waals surface area contributed by atoms with Gasteiger partial charge < -0.3 is 15.4 Å². The third-order valence-electron chi connectivity index (χ3n) is 3.82. The van der Waals surface area contributed by atoms with Crippen LogP contribution in [0.2, 0.25) is 0 Å². The van der Waals surface area contributed by atoms with E-state index in [1.165, 1.54) is 5.56 Å². The van der Waals surface area contributed by atoms with Gasteiger partial charge >= 0.3 is 0 Å². The van der Waals surface area contributed by atoms with Crippen LogP contribution in [-0.2, 0) is 10.2 Å². The second-order valence-corrected chi connectivity index (χ2v) is 8.06. The van der Waals surface area contributed by atoms with Crippen LogP contribution in [0.4, 0.5) is 0 Å². The number of carbonyl (C=O) groups excluding carboxylic acids is 1. The Morgan fingerprint density at radius 2 is 2.26 bits per heavy atom. The minimum atomic E-state index is 0.0945. The van der Waals surface area contributed by atoms with E-state index in [1.54, 1.807) is 0 Å². The molecule has 23 heavy (non-hydrogen) atoms. The summed E-state index contributed by atoms with van der Waals surface area (Å²) < 4.78 is 5.75. The SMILES string of the molecule is CC(C)(C)c1cccc(OCCNC(=O)CC2CSCCN2)c1. The van der Waals surface area contributed by atoms with Gasteiger partial charge in [-0.3, -0.25) is 4.79 Å². The van der Waals surface area contributed by atoms with Gasteiger partial charge in [0.25, 0.3) is 0 Å². The highest BCUT2D eigenvalue weighted by molar-refractivity contribution is 7.99. The lowest BCUT2D eigenvalue weighted by Crippen LogP contribution is -2.41. The average molecular weight is 337 g/mol. The van der Waals surface area contributed by atoms with Crippen LogP contribution in [0.1, 0.15) is 32.8 Å². The minimum absolute atomic E-state index is 0.0945. The molecule has 0 bridgehead atoms. The van der Waals surface area contributed by atoms with E-state index in [0.717, 1.165) is 23.8 Å². The minimum Gasteiger partial charge on any atom is -0.492 e. The van der Waals surface area contributed by atoms with Crippen molar-refractivity contribution < 1.29 is 9.53 Å². The number of carbonyl (C=O) groups is 1. The number of ether oxygens (including phenoxy) is 1. The molecular weight excluding hydrogens is 308 g/mol. The Morgan fingerprint density at radius 3 is 2.96 bits per heavy atom. The number of benzene rings is 1. The molecule has 1 aliphatic rings. The monoisotopic (exact) mass is 336 g/mol. The van der Waals surface area contributed by atoms with Crippen molar-refractivity contribution in [3.05, 3.63) is 29.8 Å². The highest BCUT2D eigenvalue weighted by Crippen LogP contribution is 2.25. The lowest BCUT2D eigenvalue weighted by atomic mass is 9.87. The Balaban J connectivity index is 1.68. The van der Waals surface area contributed by atoms with Crippen molar-refractivity contribution >= 4 is 17.7 Å². The lowest BCUT2D eigenvalue weighted by Gasteiger charge is -2.22. The summed E-state index contributed by atoms with van der Waals surface area (Å²) in [5.41, 5.74) is 1.36. The molecule has 5 heteroatoms. The fourth-order valence-electron chi connectivity index (χ4n) is 2.46. The highest BCUT2D eigenvalue weighted by Gasteiger charge is 2.16. The molecule has 1 aromatic rings. The van der Waals surface area contributed by atoms with Crippen LogP contribution in [0, 0.1) is 0 Å². The summed E-state index contributed by atoms with van der Waals surface area (Å²) in [6.45, 7) is 8.58. The van der Waals surface area contributed by atoms with E-state index < -0.39 is 0 Å². The molecule has 1 atom stereocenters. The molecule has 1 unspecified atom stereocenters. The topological polar surface area (TPSA) is 50.4 Å². The number of amides is 1. The third-order valence-corrected chi connectivity index (χ3v) is 4.95. The van der Waals surface area contributed by atoms with Gasteiger partial charge in [-0.05, 0) is 23.1 Å². The van der Waals surface area contributed by atoms with Gasteiger partial charge in [-0.2, -0.15) is 11.8 Å². The maximum Gasteiger partial charge on any atom is 0.221 e. The van der Waals surface area contributed by atoms with E-state index >= 15 is 0 Å². The Morgan fingerprint density at radius 1 is 1.43 bits per heavy atom. The first kappa shape index (κ1) is 18.1. The highest BCUT2D eigenvalue weighted by atomic mass is 32.2. The molecule has 0 aliphatic carbocycles. The Hall–Kier alpha value is -1.20. The summed E-state index contributed by atoms with van der Waals surface area (Å²) in [5, 5.41) is 6.31. The average Bonchev–Trinajstić information content (AvgIpc) is 2.52. The molecule has 0 aromatic heterocycles. The van der Waals surface area contributed by atoms with Gasteiger partial charge in [0.05, 0.1) is 6.54 Å². The largest absolute Gasteiger partial charge is 0.492 e. The molecule has 2 rings (SSSR count). The lowest BCUT2D eigenvalue weighted by molar-refractivity contribution is -0.121. The molecule has 128 valence electrons. The second-order valence-electron chi connectivity index (χ2n) is 6.91. The van der Waals surface area contributed by atoms with E-state index in [0.29, 0.717) is 25.6 Å². The summed E-state index contributed by atoms with van der Waals surface area (Å²) in [7, 11) is 0. The standard InChI is InChI=1S/C18H28N2O2S/c1-18(2,3)14-5-4-6-16(11-14)22-9-7-20-17(21)12-15-13-23-10-8-19-15/h4-6,11,15,19H,7-10,12-13H2,1-3H3,(H,20,21). The maximum atomic E-state index is 11.9. The Kier molecular flexibility index (Phi) is 6.78. The normalized spacial score (nSPS) is 18.5. The van der Waals surface area contributed by atoms with Crippen LogP contribution in [0.25, 0.3) is 0 Å². The summed E-state index contributed by atoms with van der Waals surface area (Å²) >= 11 is 1.91. The van der Waals surface area contributed by atoms with E-state index in [2.05, 4.69) is 43.5 Å². The Bertz CT molecular complexity index is 508. The molecule has 0 saturated carbocycles. The molecule has 1 saturated heterocycles. The van der Waals surface area contributed by atoms with E-state index in [9.17, 15) is 4.79 Å². The van der Waals surface area contributed by atoms with E-state index in [4.69, 9.17) is 4.74 Å². The molecular formula is C18H28N2O2S. The van der Waals surface area contributed by atoms with Crippen LogP contribution in [-0.4, -0.2) is 43.2 Å². The number of thioether (sulfide) groups is 1. The van der Waals surface area contributed by atoms with Crippen LogP contribution >= 0.6 is 11.8 Å². The summed E-state index contributed by atoms with van der Waals surface area (Å²) in [6, 6.07) is 8.47. The van der Waals surface area contributed by atoms with Gasteiger partial charge in [-0.15, -0.1) is 0 Å². The van der Waals surface area contributed by atoms with Gasteiger partial charge in [0, 0.05) is 30.5 Å². The zero-order valence-electron chi connectivity index (χ0n) is 14.4. The predicted octanol–water partition coefficient (Wildman–Crippen LogP) is 2.57. The van der Waals surface area contributed by atoms with Crippen molar-refractivity contribution in [1.82, 2.24) is 10.6 Å². The quantitative estimate of drug-likeness (QED) is 0.784. The van der Waals surface area contributed by atoms with Crippen molar-refractivity contribution in [3.63, 3.8) is 0 Å². The van der Waals surface area contributed by atoms with Crippen LogP contribution in [0.3, 0.4) is 0 Å².